The van der Waals surface area contributed by atoms with Crippen molar-refractivity contribution in [2.45, 2.75) is 12.6 Å². The van der Waals surface area contributed by atoms with Crippen molar-refractivity contribution in [3.63, 3.8) is 0 Å². The molecule has 1 unspecified atom stereocenters. The van der Waals surface area contributed by atoms with E-state index in [4.69, 9.17) is 15.1 Å². The Morgan fingerprint density at radius 3 is 3.26 bits per heavy atom. The van der Waals surface area contributed by atoms with Crippen LogP contribution in [-0.4, -0.2) is 41.8 Å². The first-order chi connectivity index (χ1) is 9.17. The summed E-state index contributed by atoms with van der Waals surface area (Å²) in [5, 5.41) is 17.4. The van der Waals surface area contributed by atoms with Gasteiger partial charge >= 0.3 is 5.97 Å². The van der Waals surface area contributed by atoms with Gasteiger partial charge in [-0.2, -0.15) is 5.26 Å². The molecule has 5 nitrogen and oxygen atoms in total. The summed E-state index contributed by atoms with van der Waals surface area (Å²) in [7, 11) is 0. The number of aliphatic carboxylic acids is 1. The largest absolute Gasteiger partial charge is 0.478 e. The Morgan fingerprint density at radius 2 is 2.53 bits per heavy atom. The Bertz CT molecular complexity index is 518. The van der Waals surface area contributed by atoms with Crippen LogP contribution in [0.4, 0.5) is 0 Å². The third kappa shape index (κ3) is 4.17. The number of rotatable bonds is 4. The molecule has 2 rings (SSSR count). The number of carbonyl (C=O) groups is 1. The van der Waals surface area contributed by atoms with E-state index in [1.165, 1.54) is 0 Å². The Kier molecular flexibility index (Phi) is 4.68. The van der Waals surface area contributed by atoms with E-state index >= 15 is 0 Å². The summed E-state index contributed by atoms with van der Waals surface area (Å²) in [5.74, 6) is -0.944. The van der Waals surface area contributed by atoms with Crippen LogP contribution in [-0.2, 0) is 16.1 Å². The summed E-state index contributed by atoms with van der Waals surface area (Å²) in [6.45, 7) is 2.79. The van der Waals surface area contributed by atoms with Crippen LogP contribution in [0.1, 0.15) is 9.75 Å². The zero-order valence-electron chi connectivity index (χ0n) is 10.3. The highest BCUT2D eigenvalue weighted by molar-refractivity contribution is 7.12. The van der Waals surface area contributed by atoms with Gasteiger partial charge in [-0.05, 0) is 18.2 Å². The highest BCUT2D eigenvalue weighted by Crippen LogP contribution is 2.20. The highest BCUT2D eigenvalue weighted by Gasteiger charge is 2.20. The number of morpholine rings is 1. The lowest BCUT2D eigenvalue weighted by Crippen LogP contribution is -2.41. The van der Waals surface area contributed by atoms with E-state index in [1.807, 2.05) is 12.1 Å². The average Bonchev–Trinajstić information content (AvgIpc) is 2.84. The van der Waals surface area contributed by atoms with Crippen molar-refractivity contribution in [1.82, 2.24) is 4.90 Å². The molecule has 0 saturated carbocycles. The minimum atomic E-state index is -0.944. The van der Waals surface area contributed by atoms with Crippen molar-refractivity contribution in [1.29, 1.82) is 5.26 Å². The summed E-state index contributed by atoms with van der Waals surface area (Å²) >= 11 is 1.56. The monoisotopic (exact) mass is 278 g/mol. The van der Waals surface area contributed by atoms with Gasteiger partial charge in [0, 0.05) is 35.5 Å². The number of carboxylic acids is 1. The van der Waals surface area contributed by atoms with Crippen LogP contribution in [0.15, 0.2) is 18.2 Å². The summed E-state index contributed by atoms with van der Waals surface area (Å²) in [4.78, 5) is 14.7. The number of carboxylic acid groups (broad SMARTS) is 1. The quantitative estimate of drug-likeness (QED) is 0.846. The highest BCUT2D eigenvalue weighted by atomic mass is 32.1. The fourth-order valence-electron chi connectivity index (χ4n) is 1.87. The van der Waals surface area contributed by atoms with Crippen LogP contribution in [0.2, 0.25) is 0 Å². The number of hydrogen-bond donors (Lipinski definition) is 1. The molecule has 1 aromatic heterocycles. The molecule has 1 saturated heterocycles. The van der Waals surface area contributed by atoms with Gasteiger partial charge in [-0.3, -0.25) is 4.90 Å². The zero-order valence-corrected chi connectivity index (χ0v) is 11.1. The number of nitrogens with zero attached hydrogens (tertiary/aromatic N) is 2. The van der Waals surface area contributed by atoms with Gasteiger partial charge in [0.15, 0.2) is 6.10 Å². The molecule has 6 heteroatoms. The van der Waals surface area contributed by atoms with Crippen LogP contribution in [0.3, 0.4) is 0 Å². The zero-order chi connectivity index (χ0) is 13.7. The lowest BCUT2D eigenvalue weighted by atomic mass is 10.3. The topological polar surface area (TPSA) is 73.6 Å². The SMILES string of the molecule is N#CC1CN(Cc2ccc(/C=C/C(=O)O)s2)CCO1. The Labute approximate surface area is 115 Å². The smallest absolute Gasteiger partial charge is 0.328 e. The molecular formula is C13H14N2O3S. The summed E-state index contributed by atoms with van der Waals surface area (Å²) in [6.07, 6.45) is 2.38. The first-order valence-corrected chi connectivity index (χ1v) is 6.72. The van der Waals surface area contributed by atoms with E-state index in [0.717, 1.165) is 28.9 Å². The van der Waals surface area contributed by atoms with Gasteiger partial charge in [-0.15, -0.1) is 11.3 Å². The molecule has 19 heavy (non-hydrogen) atoms. The van der Waals surface area contributed by atoms with Gasteiger partial charge in [0.05, 0.1) is 12.7 Å². The summed E-state index contributed by atoms with van der Waals surface area (Å²) < 4.78 is 5.29. The van der Waals surface area contributed by atoms with Crippen molar-refractivity contribution < 1.29 is 14.6 Å². The molecule has 100 valence electrons. The van der Waals surface area contributed by atoms with E-state index in [2.05, 4.69) is 11.0 Å². The van der Waals surface area contributed by atoms with Crippen LogP contribution in [0.5, 0.6) is 0 Å². The normalized spacial score (nSPS) is 20.5. The number of nitriles is 1. The van der Waals surface area contributed by atoms with Crippen LogP contribution in [0, 0.1) is 11.3 Å². The second kappa shape index (κ2) is 6.48. The molecule has 1 aliphatic heterocycles. The molecule has 1 aromatic rings. The number of hydrogen-bond acceptors (Lipinski definition) is 5. The van der Waals surface area contributed by atoms with Crippen molar-refractivity contribution >= 4 is 23.4 Å². The van der Waals surface area contributed by atoms with Gasteiger partial charge in [0.2, 0.25) is 0 Å². The molecule has 0 aliphatic carbocycles. The molecule has 0 radical (unpaired) electrons. The first-order valence-electron chi connectivity index (χ1n) is 5.90. The van der Waals surface area contributed by atoms with Gasteiger partial charge in [0.1, 0.15) is 0 Å². The Morgan fingerprint density at radius 1 is 1.68 bits per heavy atom. The second-order valence-corrected chi connectivity index (χ2v) is 5.40. The minimum absolute atomic E-state index is 0.347. The third-order valence-electron chi connectivity index (χ3n) is 2.75. The molecule has 2 heterocycles. The number of ether oxygens (including phenoxy) is 1. The molecular weight excluding hydrogens is 264 g/mol. The Balaban J connectivity index is 1.93. The molecule has 1 fully saturated rings. The molecule has 0 bridgehead atoms. The lowest BCUT2D eigenvalue weighted by Gasteiger charge is -2.29. The minimum Gasteiger partial charge on any atom is -0.478 e. The molecule has 1 aliphatic rings. The summed E-state index contributed by atoms with van der Waals surface area (Å²) in [6, 6.07) is 6.01. The molecule has 1 N–H and O–H groups in total. The van der Waals surface area contributed by atoms with Crippen LogP contribution >= 0.6 is 11.3 Å². The van der Waals surface area contributed by atoms with Crippen molar-refractivity contribution in [2.24, 2.45) is 0 Å². The van der Waals surface area contributed by atoms with E-state index in [1.54, 1.807) is 17.4 Å². The lowest BCUT2D eigenvalue weighted by molar-refractivity contribution is -0.131. The predicted octanol–water partition coefficient (Wildman–Crippen LogP) is 1.57. The van der Waals surface area contributed by atoms with E-state index in [9.17, 15) is 4.79 Å². The molecule has 0 amide bonds. The average molecular weight is 278 g/mol. The molecule has 0 aromatic carbocycles. The predicted molar refractivity (Wildman–Crippen MR) is 71.6 cm³/mol. The van der Waals surface area contributed by atoms with E-state index in [-0.39, 0.29) is 6.10 Å². The second-order valence-electron chi connectivity index (χ2n) is 4.20. The standard InChI is InChI=1S/C13H14N2O3S/c14-7-10-8-15(5-6-18-10)9-12-2-1-11(19-12)3-4-13(16)17/h1-4,10H,5-6,8-9H2,(H,16,17)/b4-3+. The maximum Gasteiger partial charge on any atom is 0.328 e. The van der Waals surface area contributed by atoms with Crippen molar-refractivity contribution in [2.75, 3.05) is 19.7 Å². The molecule has 0 spiro atoms. The first kappa shape index (κ1) is 13.7. The molecule has 1 atom stereocenters. The summed E-state index contributed by atoms with van der Waals surface area (Å²) in [5.41, 5.74) is 0. The van der Waals surface area contributed by atoms with E-state index < -0.39 is 5.97 Å². The van der Waals surface area contributed by atoms with Gasteiger partial charge < -0.3 is 9.84 Å². The third-order valence-corrected chi connectivity index (χ3v) is 3.78. The van der Waals surface area contributed by atoms with E-state index in [0.29, 0.717) is 13.2 Å². The van der Waals surface area contributed by atoms with Crippen molar-refractivity contribution in [3.05, 3.63) is 28.0 Å². The Hall–Kier alpha value is -1.68. The van der Waals surface area contributed by atoms with Gasteiger partial charge in [0.25, 0.3) is 0 Å². The maximum atomic E-state index is 10.4. The fraction of sp³-hybridized carbons (Fsp3) is 0.385. The van der Waals surface area contributed by atoms with Gasteiger partial charge in [-0.1, -0.05) is 0 Å². The maximum absolute atomic E-state index is 10.4. The number of thiophene rings is 1. The fourth-order valence-corrected chi connectivity index (χ4v) is 2.83. The van der Waals surface area contributed by atoms with Crippen LogP contribution < -0.4 is 0 Å². The van der Waals surface area contributed by atoms with Crippen molar-refractivity contribution in [3.8, 4) is 6.07 Å². The van der Waals surface area contributed by atoms with Crippen LogP contribution in [0.25, 0.3) is 6.08 Å². The van der Waals surface area contributed by atoms with Gasteiger partial charge in [-0.25, -0.2) is 4.79 Å².